The van der Waals surface area contributed by atoms with E-state index in [1.165, 1.54) is 24.8 Å². The van der Waals surface area contributed by atoms with Gasteiger partial charge in [-0.1, -0.05) is 30.3 Å². The second kappa shape index (κ2) is 9.68. The first-order valence-corrected chi connectivity index (χ1v) is 10.2. The maximum absolute atomic E-state index is 12.7. The van der Waals surface area contributed by atoms with E-state index in [1.807, 2.05) is 60.0 Å². The highest BCUT2D eigenvalue weighted by Crippen LogP contribution is 2.22. The van der Waals surface area contributed by atoms with E-state index in [9.17, 15) is 4.79 Å². The lowest BCUT2D eigenvalue weighted by Crippen LogP contribution is -2.25. The third-order valence-corrected chi connectivity index (χ3v) is 4.79. The number of para-hydroxylation sites is 1. The van der Waals surface area contributed by atoms with Gasteiger partial charge < -0.3 is 20.1 Å². The van der Waals surface area contributed by atoms with Gasteiger partial charge in [-0.05, 0) is 41.4 Å². The number of nitrogens with one attached hydrogen (secondary N) is 2. The molecule has 0 spiro atoms. The minimum atomic E-state index is -0.388. The van der Waals surface area contributed by atoms with Crippen molar-refractivity contribution in [2.75, 3.05) is 12.4 Å². The number of nitrogens with zero attached hydrogens (tertiary/aromatic N) is 3. The van der Waals surface area contributed by atoms with Gasteiger partial charge in [0.1, 0.15) is 17.3 Å². The van der Waals surface area contributed by atoms with Crippen LogP contribution < -0.4 is 20.1 Å². The van der Waals surface area contributed by atoms with Gasteiger partial charge in [0.05, 0.1) is 25.2 Å². The topological polar surface area (TPSA) is 98.3 Å². The van der Waals surface area contributed by atoms with E-state index < -0.39 is 0 Å². The molecule has 0 radical (unpaired) electrons. The summed E-state index contributed by atoms with van der Waals surface area (Å²) in [5.41, 5.74) is 1.78. The molecular weight excluding hydrogens is 414 g/mol. The SMILES string of the molecule is COc1ncc(Nc2cnsc2)nc1C(=O)NCc1ccc(Oc2ccccc2)cc1. The number of carbonyl (C=O) groups excluding carboxylic acids is 1. The predicted molar refractivity (Wildman–Crippen MR) is 118 cm³/mol. The van der Waals surface area contributed by atoms with Gasteiger partial charge >= 0.3 is 0 Å². The number of anilines is 2. The first kappa shape index (κ1) is 20.3. The van der Waals surface area contributed by atoms with Crippen LogP contribution in [0.25, 0.3) is 0 Å². The summed E-state index contributed by atoms with van der Waals surface area (Å²) in [6.45, 7) is 0.321. The van der Waals surface area contributed by atoms with Crippen molar-refractivity contribution < 1.29 is 14.3 Å². The first-order valence-electron chi connectivity index (χ1n) is 9.39. The zero-order valence-electron chi connectivity index (χ0n) is 16.6. The summed E-state index contributed by atoms with van der Waals surface area (Å²) in [6, 6.07) is 17.0. The van der Waals surface area contributed by atoms with E-state index >= 15 is 0 Å². The van der Waals surface area contributed by atoms with Crippen molar-refractivity contribution in [3.8, 4) is 17.4 Å². The Morgan fingerprint density at radius 3 is 2.52 bits per heavy atom. The number of hydrogen-bond acceptors (Lipinski definition) is 8. The molecule has 0 aliphatic carbocycles. The third kappa shape index (κ3) is 5.34. The Labute approximate surface area is 183 Å². The van der Waals surface area contributed by atoms with Crippen LogP contribution in [0.5, 0.6) is 17.4 Å². The fraction of sp³-hybridized carbons (Fsp3) is 0.0909. The van der Waals surface area contributed by atoms with E-state index in [0.717, 1.165) is 22.7 Å². The van der Waals surface area contributed by atoms with Crippen LogP contribution in [0.1, 0.15) is 16.1 Å². The van der Waals surface area contributed by atoms with Crippen LogP contribution in [0.3, 0.4) is 0 Å². The van der Waals surface area contributed by atoms with Gasteiger partial charge in [-0.15, -0.1) is 0 Å². The van der Waals surface area contributed by atoms with Gasteiger partial charge in [0.25, 0.3) is 5.91 Å². The zero-order chi connectivity index (χ0) is 21.5. The van der Waals surface area contributed by atoms with Crippen molar-refractivity contribution in [1.29, 1.82) is 0 Å². The Balaban J connectivity index is 1.39. The summed E-state index contributed by atoms with van der Waals surface area (Å²) in [5, 5.41) is 7.73. The molecule has 0 atom stereocenters. The highest BCUT2D eigenvalue weighted by molar-refractivity contribution is 7.04. The number of hydrogen-bond donors (Lipinski definition) is 2. The monoisotopic (exact) mass is 433 g/mol. The van der Waals surface area contributed by atoms with Crippen molar-refractivity contribution in [1.82, 2.24) is 19.7 Å². The second-order valence-corrected chi connectivity index (χ2v) is 7.05. The van der Waals surface area contributed by atoms with Crippen LogP contribution in [0.15, 0.2) is 72.4 Å². The average Bonchev–Trinajstić information content (AvgIpc) is 3.32. The number of benzene rings is 2. The number of amides is 1. The molecule has 0 aliphatic heterocycles. The van der Waals surface area contributed by atoms with Gasteiger partial charge in [-0.2, -0.15) is 4.37 Å². The normalized spacial score (nSPS) is 10.4. The lowest BCUT2D eigenvalue weighted by molar-refractivity contribution is 0.0942. The van der Waals surface area contributed by atoms with Crippen LogP contribution >= 0.6 is 11.5 Å². The fourth-order valence-electron chi connectivity index (χ4n) is 2.72. The molecule has 9 heteroatoms. The van der Waals surface area contributed by atoms with Crippen LogP contribution in [-0.2, 0) is 6.54 Å². The molecule has 0 aliphatic rings. The molecule has 0 saturated carbocycles. The standard InChI is InChI=1S/C22H19N5O3S/c1-29-22-20(27-19(13-24-22)26-16-12-25-31-14-16)21(28)23-11-15-7-9-18(10-8-15)30-17-5-3-2-4-6-17/h2-10,12-14H,11H2,1H3,(H,23,28)(H,26,27). The molecule has 0 unspecified atom stereocenters. The summed E-state index contributed by atoms with van der Waals surface area (Å²) in [7, 11) is 1.45. The van der Waals surface area contributed by atoms with Crippen molar-refractivity contribution in [2.24, 2.45) is 0 Å². The van der Waals surface area contributed by atoms with Crippen LogP contribution in [0, 0.1) is 0 Å². The maximum atomic E-state index is 12.7. The molecule has 4 aromatic rings. The molecule has 0 saturated heterocycles. The van der Waals surface area contributed by atoms with Gasteiger partial charge in [0.15, 0.2) is 5.69 Å². The lowest BCUT2D eigenvalue weighted by atomic mass is 10.2. The van der Waals surface area contributed by atoms with Crippen molar-refractivity contribution in [2.45, 2.75) is 6.54 Å². The van der Waals surface area contributed by atoms with Crippen LogP contribution in [-0.4, -0.2) is 27.4 Å². The van der Waals surface area contributed by atoms with E-state index in [4.69, 9.17) is 9.47 Å². The zero-order valence-corrected chi connectivity index (χ0v) is 17.4. The molecule has 2 aromatic carbocycles. The van der Waals surface area contributed by atoms with E-state index in [2.05, 4.69) is 25.0 Å². The number of ether oxygens (including phenoxy) is 2. The van der Waals surface area contributed by atoms with E-state index in [0.29, 0.717) is 12.4 Å². The molecule has 2 aromatic heterocycles. The van der Waals surface area contributed by atoms with Gasteiger partial charge in [-0.3, -0.25) is 4.79 Å². The molecule has 31 heavy (non-hydrogen) atoms. The van der Waals surface area contributed by atoms with E-state index in [-0.39, 0.29) is 17.5 Å². The fourth-order valence-corrected chi connectivity index (χ4v) is 3.18. The Kier molecular flexibility index (Phi) is 6.34. The van der Waals surface area contributed by atoms with Crippen LogP contribution in [0.2, 0.25) is 0 Å². The summed E-state index contributed by atoms with van der Waals surface area (Å²) in [4.78, 5) is 21.2. The summed E-state index contributed by atoms with van der Waals surface area (Å²) >= 11 is 1.31. The highest BCUT2D eigenvalue weighted by Gasteiger charge is 2.17. The average molecular weight is 433 g/mol. The number of aromatic nitrogens is 3. The Hall–Kier alpha value is -3.98. The minimum Gasteiger partial charge on any atom is -0.479 e. The Morgan fingerprint density at radius 1 is 1.03 bits per heavy atom. The molecule has 156 valence electrons. The van der Waals surface area contributed by atoms with Gasteiger partial charge in [0.2, 0.25) is 5.88 Å². The first-order chi connectivity index (χ1) is 15.2. The summed E-state index contributed by atoms with van der Waals surface area (Å²) < 4.78 is 15.0. The molecule has 8 nitrogen and oxygen atoms in total. The lowest BCUT2D eigenvalue weighted by Gasteiger charge is -2.10. The molecule has 2 heterocycles. The van der Waals surface area contributed by atoms with Crippen molar-refractivity contribution in [3.63, 3.8) is 0 Å². The van der Waals surface area contributed by atoms with Crippen molar-refractivity contribution >= 4 is 28.9 Å². The largest absolute Gasteiger partial charge is 0.479 e. The molecule has 0 bridgehead atoms. The summed E-state index contributed by atoms with van der Waals surface area (Å²) in [5.74, 6) is 1.67. The Morgan fingerprint density at radius 2 is 1.81 bits per heavy atom. The van der Waals surface area contributed by atoms with Gasteiger partial charge in [-0.25, -0.2) is 9.97 Å². The quantitative estimate of drug-likeness (QED) is 0.425. The molecule has 1 amide bonds. The maximum Gasteiger partial charge on any atom is 0.275 e. The molecule has 4 rings (SSSR count). The molecular formula is C22H19N5O3S. The van der Waals surface area contributed by atoms with E-state index in [1.54, 1.807) is 6.20 Å². The highest BCUT2D eigenvalue weighted by atomic mass is 32.1. The summed E-state index contributed by atoms with van der Waals surface area (Å²) in [6.07, 6.45) is 3.17. The molecule has 2 N–H and O–H groups in total. The van der Waals surface area contributed by atoms with Gasteiger partial charge in [0, 0.05) is 11.9 Å². The molecule has 0 fully saturated rings. The second-order valence-electron chi connectivity index (χ2n) is 6.39. The Bertz CT molecular complexity index is 1140. The van der Waals surface area contributed by atoms with Crippen molar-refractivity contribution in [3.05, 3.63) is 83.6 Å². The van der Waals surface area contributed by atoms with Crippen LogP contribution in [0.4, 0.5) is 11.5 Å². The number of carbonyl (C=O) groups is 1. The number of methoxy groups -OCH3 is 1. The predicted octanol–water partition coefficient (Wildman–Crippen LogP) is 4.41. The smallest absolute Gasteiger partial charge is 0.275 e. The minimum absolute atomic E-state index is 0.0970. The third-order valence-electron chi connectivity index (χ3n) is 4.21. The number of rotatable bonds is 8.